The number of rotatable bonds is 1. The van der Waals surface area contributed by atoms with Gasteiger partial charge in [0.2, 0.25) is 0 Å². The van der Waals surface area contributed by atoms with Crippen LogP contribution in [0.5, 0.6) is 0 Å². The summed E-state index contributed by atoms with van der Waals surface area (Å²) in [6.45, 7) is 4.35. The van der Waals surface area contributed by atoms with E-state index in [0.717, 1.165) is 6.42 Å². The molecular formula is C7H14O. The van der Waals surface area contributed by atoms with Gasteiger partial charge in [-0.2, -0.15) is 0 Å². The summed E-state index contributed by atoms with van der Waals surface area (Å²) < 4.78 is 0. The van der Waals surface area contributed by atoms with Crippen molar-refractivity contribution in [2.45, 2.75) is 32.8 Å². The van der Waals surface area contributed by atoms with Crippen molar-refractivity contribution in [3.63, 3.8) is 0 Å². The van der Waals surface area contributed by atoms with Crippen molar-refractivity contribution in [3.05, 3.63) is 0 Å². The van der Waals surface area contributed by atoms with Crippen LogP contribution in [0.2, 0.25) is 0 Å². The Balaban J connectivity index is 2.26. The van der Waals surface area contributed by atoms with Crippen molar-refractivity contribution in [2.24, 2.45) is 11.8 Å². The number of hydrogen-bond acceptors (Lipinski definition) is 1. The average molecular weight is 114 g/mol. The molecule has 1 fully saturated rings. The van der Waals surface area contributed by atoms with Gasteiger partial charge in [0.15, 0.2) is 0 Å². The van der Waals surface area contributed by atoms with E-state index in [1.165, 1.54) is 6.42 Å². The third kappa shape index (κ3) is 0.873. The first-order valence-electron chi connectivity index (χ1n) is 3.40. The summed E-state index contributed by atoms with van der Waals surface area (Å²) in [6, 6.07) is 0. The first kappa shape index (κ1) is 6.09. The van der Waals surface area contributed by atoms with E-state index >= 15 is 0 Å². The summed E-state index contributed by atoms with van der Waals surface area (Å²) in [5, 5.41) is 9.08. The summed E-state index contributed by atoms with van der Waals surface area (Å²) in [5.74, 6) is 1.29. The van der Waals surface area contributed by atoms with Crippen LogP contribution in [0, 0.1) is 11.8 Å². The molecule has 0 aromatic heterocycles. The van der Waals surface area contributed by atoms with Crippen LogP contribution in [0.3, 0.4) is 0 Å². The highest BCUT2D eigenvalue weighted by Gasteiger charge is 2.30. The van der Waals surface area contributed by atoms with Gasteiger partial charge in [-0.15, -0.1) is 0 Å². The Morgan fingerprint density at radius 3 is 2.00 bits per heavy atom. The Kier molecular flexibility index (Phi) is 1.57. The monoisotopic (exact) mass is 114 g/mol. The first-order valence-corrected chi connectivity index (χ1v) is 3.40. The van der Waals surface area contributed by atoms with Crippen molar-refractivity contribution >= 4 is 0 Å². The smallest absolute Gasteiger partial charge is 0.0571 e. The summed E-state index contributed by atoms with van der Waals surface area (Å²) in [6.07, 6.45) is 2.29. The van der Waals surface area contributed by atoms with Gasteiger partial charge in [-0.1, -0.05) is 13.8 Å². The normalized spacial score (nSPS) is 37.5. The quantitative estimate of drug-likeness (QED) is 0.546. The van der Waals surface area contributed by atoms with E-state index in [1.54, 1.807) is 0 Å². The minimum Gasteiger partial charge on any atom is -0.393 e. The molecule has 1 N–H and O–H groups in total. The zero-order valence-electron chi connectivity index (χ0n) is 5.59. The lowest BCUT2D eigenvalue weighted by Gasteiger charge is -2.35. The fourth-order valence-corrected chi connectivity index (χ4v) is 1.29. The van der Waals surface area contributed by atoms with E-state index in [0.29, 0.717) is 11.8 Å². The minimum atomic E-state index is 0.0231. The van der Waals surface area contributed by atoms with Crippen LogP contribution in [-0.2, 0) is 0 Å². The van der Waals surface area contributed by atoms with Crippen LogP contribution < -0.4 is 0 Å². The van der Waals surface area contributed by atoms with E-state index in [1.807, 2.05) is 0 Å². The molecule has 0 bridgehead atoms. The van der Waals surface area contributed by atoms with Crippen molar-refractivity contribution in [2.75, 3.05) is 0 Å². The lowest BCUT2D eigenvalue weighted by atomic mass is 9.75. The lowest BCUT2D eigenvalue weighted by molar-refractivity contribution is -0.00118. The molecular weight excluding hydrogens is 100 g/mol. The number of hydrogen-bond donors (Lipinski definition) is 1. The topological polar surface area (TPSA) is 20.2 Å². The molecule has 0 radical (unpaired) electrons. The second kappa shape index (κ2) is 2.06. The molecule has 1 nitrogen and oxygen atoms in total. The highest BCUT2D eigenvalue weighted by Crippen LogP contribution is 2.33. The zero-order chi connectivity index (χ0) is 6.15. The molecule has 48 valence electrons. The molecule has 0 saturated heterocycles. The lowest BCUT2D eigenvalue weighted by Crippen LogP contribution is -2.34. The molecule has 0 aromatic carbocycles. The third-order valence-electron chi connectivity index (χ3n) is 2.15. The second-order valence-electron chi connectivity index (χ2n) is 3.05. The standard InChI is InChI=1S/C7H14O/c1-5(2)6-3-4-7(6)8/h5-8H,3-4H2,1-2H3/t6-,7-/m1/s1. The Labute approximate surface area is 50.7 Å². The van der Waals surface area contributed by atoms with Gasteiger partial charge >= 0.3 is 0 Å². The molecule has 8 heavy (non-hydrogen) atoms. The summed E-state index contributed by atoms with van der Waals surface area (Å²) in [4.78, 5) is 0. The molecule has 0 amide bonds. The molecule has 1 aliphatic rings. The molecule has 0 unspecified atom stereocenters. The molecule has 1 rings (SSSR count). The van der Waals surface area contributed by atoms with Crippen LogP contribution in [0.15, 0.2) is 0 Å². The van der Waals surface area contributed by atoms with E-state index in [2.05, 4.69) is 13.8 Å². The van der Waals surface area contributed by atoms with Crippen molar-refractivity contribution < 1.29 is 5.11 Å². The van der Waals surface area contributed by atoms with Gasteiger partial charge in [0.05, 0.1) is 6.10 Å². The maximum absolute atomic E-state index is 9.08. The molecule has 0 spiro atoms. The SMILES string of the molecule is CC(C)[C@H]1CC[C@H]1O. The van der Waals surface area contributed by atoms with Crippen LogP contribution >= 0.6 is 0 Å². The van der Waals surface area contributed by atoms with E-state index < -0.39 is 0 Å². The number of aliphatic hydroxyl groups is 1. The zero-order valence-corrected chi connectivity index (χ0v) is 5.59. The van der Waals surface area contributed by atoms with Gasteiger partial charge in [0.25, 0.3) is 0 Å². The molecule has 0 aliphatic heterocycles. The fraction of sp³-hybridized carbons (Fsp3) is 1.00. The van der Waals surface area contributed by atoms with Gasteiger partial charge in [0, 0.05) is 0 Å². The highest BCUT2D eigenvalue weighted by atomic mass is 16.3. The molecule has 1 aliphatic carbocycles. The molecule has 0 aromatic rings. The Hall–Kier alpha value is -0.0400. The van der Waals surface area contributed by atoms with Gasteiger partial charge in [-0.05, 0) is 24.7 Å². The first-order chi connectivity index (χ1) is 3.72. The molecule has 2 atom stereocenters. The van der Waals surface area contributed by atoms with Crippen LogP contribution in [0.4, 0.5) is 0 Å². The average Bonchev–Trinajstić information content (AvgIpc) is 1.61. The third-order valence-corrected chi connectivity index (χ3v) is 2.15. The Morgan fingerprint density at radius 2 is 2.00 bits per heavy atom. The van der Waals surface area contributed by atoms with Gasteiger partial charge < -0.3 is 5.11 Å². The van der Waals surface area contributed by atoms with Crippen LogP contribution in [0.1, 0.15) is 26.7 Å². The second-order valence-corrected chi connectivity index (χ2v) is 3.05. The largest absolute Gasteiger partial charge is 0.393 e. The van der Waals surface area contributed by atoms with Crippen LogP contribution in [0.25, 0.3) is 0 Å². The molecule has 1 heteroatoms. The molecule has 1 saturated carbocycles. The van der Waals surface area contributed by atoms with E-state index in [-0.39, 0.29) is 6.10 Å². The predicted octanol–water partition coefficient (Wildman–Crippen LogP) is 1.41. The summed E-state index contributed by atoms with van der Waals surface area (Å²) in [5.41, 5.74) is 0. The maximum Gasteiger partial charge on any atom is 0.0571 e. The van der Waals surface area contributed by atoms with Crippen LogP contribution in [-0.4, -0.2) is 11.2 Å². The van der Waals surface area contributed by atoms with Crippen molar-refractivity contribution in [1.29, 1.82) is 0 Å². The Bertz CT molecular complexity index is 73.7. The van der Waals surface area contributed by atoms with Gasteiger partial charge in [0.1, 0.15) is 0 Å². The van der Waals surface area contributed by atoms with E-state index in [9.17, 15) is 0 Å². The summed E-state index contributed by atoms with van der Waals surface area (Å²) >= 11 is 0. The van der Waals surface area contributed by atoms with Gasteiger partial charge in [-0.25, -0.2) is 0 Å². The fourth-order valence-electron chi connectivity index (χ4n) is 1.29. The predicted molar refractivity (Wildman–Crippen MR) is 33.6 cm³/mol. The molecule has 0 heterocycles. The van der Waals surface area contributed by atoms with Crippen molar-refractivity contribution in [3.8, 4) is 0 Å². The highest BCUT2D eigenvalue weighted by molar-refractivity contribution is 4.81. The summed E-state index contributed by atoms with van der Waals surface area (Å²) in [7, 11) is 0. The van der Waals surface area contributed by atoms with Gasteiger partial charge in [-0.3, -0.25) is 0 Å². The number of aliphatic hydroxyl groups excluding tert-OH is 1. The Morgan fingerprint density at radius 1 is 1.38 bits per heavy atom. The van der Waals surface area contributed by atoms with E-state index in [4.69, 9.17) is 5.11 Å². The maximum atomic E-state index is 9.08. The van der Waals surface area contributed by atoms with Crippen molar-refractivity contribution in [1.82, 2.24) is 0 Å². The minimum absolute atomic E-state index is 0.0231.